The average molecular weight is 298 g/mol. The highest BCUT2D eigenvalue weighted by Gasteiger charge is 2.07. The lowest BCUT2D eigenvalue weighted by Gasteiger charge is -2.06. The van der Waals surface area contributed by atoms with E-state index in [1.807, 2.05) is 6.07 Å². The molecule has 0 saturated carbocycles. The van der Waals surface area contributed by atoms with Crippen molar-refractivity contribution in [1.82, 2.24) is 10.3 Å². The van der Waals surface area contributed by atoms with Crippen LogP contribution in [0.25, 0.3) is 0 Å². The minimum atomic E-state index is -0.193. The molecule has 100 valence electrons. The molecule has 0 fully saturated rings. The summed E-state index contributed by atoms with van der Waals surface area (Å²) in [5.74, 6) is -0.193. The van der Waals surface area contributed by atoms with Gasteiger partial charge in [-0.05, 0) is 30.2 Å². The van der Waals surface area contributed by atoms with Crippen LogP contribution in [-0.2, 0) is 6.42 Å². The van der Waals surface area contributed by atoms with E-state index in [-0.39, 0.29) is 5.91 Å². The molecule has 1 aromatic heterocycles. The van der Waals surface area contributed by atoms with Gasteiger partial charge in [-0.1, -0.05) is 29.3 Å². The molecule has 0 saturated heterocycles. The number of hydrogen-bond acceptors (Lipinski definition) is 2. The maximum atomic E-state index is 11.7. The second-order valence-corrected chi connectivity index (χ2v) is 4.93. The van der Waals surface area contributed by atoms with Gasteiger partial charge >= 0.3 is 0 Å². The van der Waals surface area contributed by atoms with Gasteiger partial charge in [-0.15, -0.1) is 0 Å². The predicted octanol–water partition coefficient (Wildman–Crippen LogP) is 2.88. The van der Waals surface area contributed by atoms with Crippen LogP contribution in [0.15, 0.2) is 30.5 Å². The summed E-state index contributed by atoms with van der Waals surface area (Å²) >= 11 is 11.9. The second kappa shape index (κ2) is 5.99. The number of carbonyl (C=O) groups excluding carboxylic acids is 1. The predicted molar refractivity (Wildman–Crippen MR) is 77.7 cm³/mol. The molecule has 2 aromatic rings. The third-order valence-electron chi connectivity index (χ3n) is 2.64. The van der Waals surface area contributed by atoms with Crippen LogP contribution < -0.4 is 11.1 Å². The molecule has 1 aromatic carbocycles. The van der Waals surface area contributed by atoms with E-state index in [9.17, 15) is 4.79 Å². The quantitative estimate of drug-likeness (QED) is 0.812. The molecule has 0 bridgehead atoms. The molecule has 0 aliphatic rings. The van der Waals surface area contributed by atoms with Crippen molar-refractivity contribution in [1.29, 1.82) is 0 Å². The first-order valence-electron chi connectivity index (χ1n) is 5.72. The number of hydrogen-bond donors (Lipinski definition) is 3. The highest BCUT2D eigenvalue weighted by atomic mass is 35.5. The van der Waals surface area contributed by atoms with Gasteiger partial charge in [-0.3, -0.25) is 4.79 Å². The molecule has 0 aliphatic heterocycles. The summed E-state index contributed by atoms with van der Waals surface area (Å²) in [4.78, 5) is 14.5. The Hall–Kier alpha value is -1.65. The Morgan fingerprint density at radius 1 is 1.32 bits per heavy atom. The number of anilines is 1. The smallest absolute Gasteiger partial charge is 0.267 e. The molecule has 19 heavy (non-hydrogen) atoms. The zero-order chi connectivity index (χ0) is 13.8. The fraction of sp³-hybridized carbons (Fsp3) is 0.154. The highest BCUT2D eigenvalue weighted by Crippen LogP contribution is 2.21. The third kappa shape index (κ3) is 3.66. The van der Waals surface area contributed by atoms with Crippen molar-refractivity contribution in [2.75, 3.05) is 12.3 Å². The van der Waals surface area contributed by atoms with Crippen LogP contribution >= 0.6 is 23.2 Å². The molecule has 0 aliphatic carbocycles. The van der Waals surface area contributed by atoms with Crippen LogP contribution in [0, 0.1) is 0 Å². The van der Waals surface area contributed by atoms with Crippen molar-refractivity contribution in [2.45, 2.75) is 6.42 Å². The molecule has 4 nitrogen and oxygen atoms in total. The number of benzene rings is 1. The maximum Gasteiger partial charge on any atom is 0.267 e. The van der Waals surface area contributed by atoms with Gasteiger partial charge in [0.25, 0.3) is 5.91 Å². The summed E-state index contributed by atoms with van der Waals surface area (Å²) in [5.41, 5.74) is 7.45. The van der Waals surface area contributed by atoms with Crippen molar-refractivity contribution in [3.8, 4) is 0 Å². The van der Waals surface area contributed by atoms with E-state index in [1.165, 1.54) is 0 Å². The number of aromatic nitrogens is 1. The molecular formula is C13H13Cl2N3O. The summed E-state index contributed by atoms with van der Waals surface area (Å²) in [6, 6.07) is 6.90. The SMILES string of the molecule is Nc1c[nH]c(C(=O)NCCc2ccc(Cl)cc2Cl)c1. The van der Waals surface area contributed by atoms with E-state index in [1.54, 1.807) is 24.4 Å². The van der Waals surface area contributed by atoms with Crippen molar-refractivity contribution >= 4 is 34.8 Å². The van der Waals surface area contributed by atoms with Gasteiger partial charge in [0.1, 0.15) is 5.69 Å². The molecule has 1 heterocycles. The first-order chi connectivity index (χ1) is 9.06. The number of nitrogens with one attached hydrogen (secondary N) is 2. The minimum Gasteiger partial charge on any atom is -0.397 e. The van der Waals surface area contributed by atoms with Crippen molar-refractivity contribution in [2.24, 2.45) is 0 Å². The molecule has 6 heteroatoms. The minimum absolute atomic E-state index is 0.193. The highest BCUT2D eigenvalue weighted by molar-refractivity contribution is 6.35. The van der Waals surface area contributed by atoms with Gasteiger partial charge in [0.15, 0.2) is 0 Å². The van der Waals surface area contributed by atoms with Gasteiger partial charge in [0, 0.05) is 28.5 Å². The lowest BCUT2D eigenvalue weighted by atomic mass is 10.1. The topological polar surface area (TPSA) is 70.9 Å². The number of rotatable bonds is 4. The summed E-state index contributed by atoms with van der Waals surface area (Å²) in [7, 11) is 0. The third-order valence-corrected chi connectivity index (χ3v) is 3.23. The van der Waals surface area contributed by atoms with Crippen molar-refractivity contribution < 1.29 is 4.79 Å². The van der Waals surface area contributed by atoms with E-state index >= 15 is 0 Å². The number of nitrogen functional groups attached to an aromatic ring is 1. The normalized spacial score (nSPS) is 10.4. The zero-order valence-electron chi connectivity index (χ0n) is 10.0. The molecular weight excluding hydrogens is 285 g/mol. The first-order valence-corrected chi connectivity index (χ1v) is 6.48. The largest absolute Gasteiger partial charge is 0.397 e. The van der Waals surface area contributed by atoms with E-state index in [0.29, 0.717) is 34.4 Å². The molecule has 4 N–H and O–H groups in total. The Balaban J connectivity index is 1.88. The van der Waals surface area contributed by atoms with E-state index < -0.39 is 0 Å². The Morgan fingerprint density at radius 3 is 2.74 bits per heavy atom. The Labute approximate surface area is 120 Å². The lowest BCUT2D eigenvalue weighted by Crippen LogP contribution is -2.26. The lowest BCUT2D eigenvalue weighted by molar-refractivity contribution is 0.0950. The number of H-pyrrole nitrogens is 1. The van der Waals surface area contributed by atoms with Crippen molar-refractivity contribution in [3.63, 3.8) is 0 Å². The molecule has 0 spiro atoms. The Kier molecular flexibility index (Phi) is 4.35. The molecule has 0 radical (unpaired) electrons. The number of carbonyl (C=O) groups is 1. The number of nitrogens with two attached hydrogens (primary N) is 1. The van der Waals surface area contributed by atoms with E-state index in [0.717, 1.165) is 5.56 Å². The first kappa shape index (κ1) is 13.8. The zero-order valence-corrected chi connectivity index (χ0v) is 11.6. The fourth-order valence-electron chi connectivity index (χ4n) is 1.67. The Bertz CT molecular complexity index is 595. The second-order valence-electron chi connectivity index (χ2n) is 4.09. The van der Waals surface area contributed by atoms with Gasteiger partial charge in [0.2, 0.25) is 0 Å². The van der Waals surface area contributed by atoms with E-state index in [2.05, 4.69) is 10.3 Å². The van der Waals surface area contributed by atoms with Gasteiger partial charge in [0.05, 0.1) is 0 Å². The van der Waals surface area contributed by atoms with Crippen LogP contribution in [0.4, 0.5) is 5.69 Å². The number of amides is 1. The number of aromatic amines is 1. The van der Waals surface area contributed by atoms with Gasteiger partial charge in [-0.2, -0.15) is 0 Å². The molecule has 0 unspecified atom stereocenters. The van der Waals surface area contributed by atoms with Crippen molar-refractivity contribution in [3.05, 3.63) is 51.8 Å². The summed E-state index contributed by atoms with van der Waals surface area (Å²) in [6.07, 6.45) is 2.21. The summed E-state index contributed by atoms with van der Waals surface area (Å²) < 4.78 is 0. The van der Waals surface area contributed by atoms with Crippen LogP contribution in [-0.4, -0.2) is 17.4 Å². The van der Waals surface area contributed by atoms with Crippen LogP contribution in [0.5, 0.6) is 0 Å². The fourth-order valence-corrected chi connectivity index (χ4v) is 2.18. The van der Waals surface area contributed by atoms with Crippen LogP contribution in [0.2, 0.25) is 10.0 Å². The molecule has 1 amide bonds. The Morgan fingerprint density at radius 2 is 2.11 bits per heavy atom. The van der Waals surface area contributed by atoms with Gasteiger partial charge < -0.3 is 16.0 Å². The van der Waals surface area contributed by atoms with E-state index in [4.69, 9.17) is 28.9 Å². The summed E-state index contributed by atoms with van der Waals surface area (Å²) in [5, 5.41) is 3.98. The number of halogens is 2. The van der Waals surface area contributed by atoms with Crippen LogP contribution in [0.3, 0.4) is 0 Å². The average Bonchev–Trinajstić information content (AvgIpc) is 2.78. The molecule has 0 atom stereocenters. The van der Waals surface area contributed by atoms with Crippen LogP contribution in [0.1, 0.15) is 16.1 Å². The maximum absolute atomic E-state index is 11.7. The monoisotopic (exact) mass is 297 g/mol. The van der Waals surface area contributed by atoms with Gasteiger partial charge in [-0.25, -0.2) is 0 Å². The standard InChI is InChI=1S/C13H13Cl2N3O/c14-9-2-1-8(11(15)5-9)3-4-17-13(19)12-6-10(16)7-18-12/h1-2,5-7,18H,3-4,16H2,(H,17,19). The molecule has 2 rings (SSSR count). The summed E-state index contributed by atoms with van der Waals surface area (Å²) in [6.45, 7) is 0.485.